The molecule has 0 bridgehead atoms. The summed E-state index contributed by atoms with van der Waals surface area (Å²) < 4.78 is 22.0. The molecule has 2 aromatic rings. The summed E-state index contributed by atoms with van der Waals surface area (Å²) in [5, 5.41) is 5.73. The molecule has 2 heterocycles. The topological polar surface area (TPSA) is 78.1 Å². The first-order valence-corrected chi connectivity index (χ1v) is 9.39. The monoisotopic (exact) mass is 384 g/mol. The predicted molar refractivity (Wildman–Crippen MR) is 105 cm³/mol. The zero-order chi connectivity index (χ0) is 19.5. The van der Waals surface area contributed by atoms with E-state index in [2.05, 4.69) is 16.7 Å². The normalized spacial score (nSPS) is 13.8. The molecule has 7 heteroatoms. The van der Waals surface area contributed by atoms with Crippen LogP contribution in [0.1, 0.15) is 16.7 Å². The molecule has 0 unspecified atom stereocenters. The van der Waals surface area contributed by atoms with Gasteiger partial charge >= 0.3 is 6.03 Å². The van der Waals surface area contributed by atoms with Gasteiger partial charge in [-0.1, -0.05) is 0 Å². The van der Waals surface area contributed by atoms with Gasteiger partial charge in [-0.05, 0) is 24.6 Å². The Labute approximate surface area is 163 Å². The molecule has 28 heavy (non-hydrogen) atoms. The predicted octanol–water partition coefficient (Wildman–Crippen LogP) is 2.94. The number of urea groups is 1. The van der Waals surface area contributed by atoms with Crippen LogP contribution in [0.25, 0.3) is 0 Å². The average molecular weight is 384 g/mol. The van der Waals surface area contributed by atoms with Gasteiger partial charge in [0.15, 0.2) is 11.5 Å². The lowest BCUT2D eigenvalue weighted by molar-refractivity contribution is 0.252. The van der Waals surface area contributed by atoms with E-state index in [1.807, 2.05) is 0 Å². The van der Waals surface area contributed by atoms with Crippen molar-refractivity contribution in [2.24, 2.45) is 0 Å². The van der Waals surface area contributed by atoms with Crippen LogP contribution in [0.5, 0.6) is 23.0 Å². The summed E-state index contributed by atoms with van der Waals surface area (Å²) in [6.45, 7) is 1.92. The van der Waals surface area contributed by atoms with E-state index in [0.717, 1.165) is 29.9 Å². The van der Waals surface area contributed by atoms with E-state index >= 15 is 0 Å². The van der Waals surface area contributed by atoms with Crippen LogP contribution in [0.4, 0.5) is 10.5 Å². The number of rotatable bonds is 6. The fourth-order valence-electron chi connectivity index (χ4n) is 3.74. The summed E-state index contributed by atoms with van der Waals surface area (Å²) in [6, 6.07) is 7.07. The van der Waals surface area contributed by atoms with Crippen molar-refractivity contribution in [1.29, 1.82) is 0 Å². The number of fused-ring (bicyclic) bond motifs is 2. The molecular formula is C21H24N2O5. The molecule has 2 aromatic carbocycles. The summed E-state index contributed by atoms with van der Waals surface area (Å²) in [5.41, 5.74) is 4.20. The van der Waals surface area contributed by atoms with Gasteiger partial charge in [0.05, 0.1) is 27.4 Å². The number of hydrogen-bond donors (Lipinski definition) is 2. The first kappa shape index (κ1) is 18.3. The standard InChI is InChI=1S/C21H24N2O5/c1-25-17-4-3-14(12-19(17)26-2)23-21(24)22-8-5-16-15-7-10-27-18(15)11-13-6-9-28-20(13)16/h3-4,11-12H,5-10H2,1-2H3,(H2,22,23,24). The summed E-state index contributed by atoms with van der Waals surface area (Å²) >= 11 is 0. The van der Waals surface area contributed by atoms with E-state index in [-0.39, 0.29) is 6.03 Å². The first-order chi connectivity index (χ1) is 13.7. The molecule has 2 N–H and O–H groups in total. The summed E-state index contributed by atoms with van der Waals surface area (Å²) in [5.74, 6) is 3.12. The van der Waals surface area contributed by atoms with Crippen molar-refractivity contribution >= 4 is 11.7 Å². The summed E-state index contributed by atoms with van der Waals surface area (Å²) in [6.07, 6.45) is 2.50. The first-order valence-electron chi connectivity index (χ1n) is 9.39. The second kappa shape index (κ2) is 7.88. The van der Waals surface area contributed by atoms with Gasteiger partial charge in [-0.2, -0.15) is 0 Å². The molecule has 0 saturated heterocycles. The number of carbonyl (C=O) groups is 1. The SMILES string of the molecule is COc1ccc(NC(=O)NCCc2c3c(cc4c2OCC4)OCC3)cc1OC. The van der Waals surface area contributed by atoms with Crippen molar-refractivity contribution in [3.8, 4) is 23.0 Å². The highest BCUT2D eigenvalue weighted by molar-refractivity contribution is 5.89. The minimum atomic E-state index is -0.270. The molecule has 7 nitrogen and oxygen atoms in total. The second-order valence-electron chi connectivity index (χ2n) is 6.72. The Morgan fingerprint density at radius 2 is 1.89 bits per heavy atom. The fraction of sp³-hybridized carbons (Fsp3) is 0.381. The lowest BCUT2D eigenvalue weighted by atomic mass is 9.97. The molecule has 0 atom stereocenters. The lowest BCUT2D eigenvalue weighted by Crippen LogP contribution is -2.30. The lowest BCUT2D eigenvalue weighted by Gasteiger charge is -2.14. The van der Waals surface area contributed by atoms with Crippen LogP contribution in [0.2, 0.25) is 0 Å². The average Bonchev–Trinajstić information content (AvgIpc) is 3.36. The van der Waals surface area contributed by atoms with Gasteiger partial charge < -0.3 is 29.6 Å². The van der Waals surface area contributed by atoms with Crippen LogP contribution in [0.3, 0.4) is 0 Å². The van der Waals surface area contributed by atoms with Crippen LogP contribution < -0.4 is 29.6 Å². The van der Waals surface area contributed by atoms with E-state index in [1.165, 1.54) is 11.1 Å². The number of anilines is 1. The Hall–Kier alpha value is -3.09. The Balaban J connectivity index is 1.38. The Kier molecular flexibility index (Phi) is 5.14. The van der Waals surface area contributed by atoms with Crippen LogP contribution >= 0.6 is 0 Å². The smallest absolute Gasteiger partial charge is 0.319 e. The van der Waals surface area contributed by atoms with Crippen LogP contribution in [-0.4, -0.2) is 40.0 Å². The van der Waals surface area contributed by atoms with Gasteiger partial charge in [-0.15, -0.1) is 0 Å². The van der Waals surface area contributed by atoms with Gasteiger partial charge in [0, 0.05) is 47.8 Å². The quantitative estimate of drug-likeness (QED) is 0.801. The number of nitrogens with one attached hydrogen (secondary N) is 2. The number of methoxy groups -OCH3 is 2. The molecule has 0 radical (unpaired) electrons. The second-order valence-corrected chi connectivity index (χ2v) is 6.72. The van der Waals surface area contributed by atoms with Crippen LogP contribution in [0, 0.1) is 0 Å². The maximum atomic E-state index is 12.3. The molecule has 0 aromatic heterocycles. The number of ether oxygens (including phenoxy) is 4. The number of hydrogen-bond acceptors (Lipinski definition) is 5. The van der Waals surface area contributed by atoms with Crippen LogP contribution in [-0.2, 0) is 19.3 Å². The highest BCUT2D eigenvalue weighted by Gasteiger charge is 2.26. The molecule has 2 amide bonds. The van der Waals surface area contributed by atoms with Gasteiger partial charge in [0.1, 0.15) is 11.5 Å². The largest absolute Gasteiger partial charge is 0.493 e. The van der Waals surface area contributed by atoms with Crippen LogP contribution in [0.15, 0.2) is 24.3 Å². The third kappa shape index (κ3) is 3.52. The third-order valence-corrected chi connectivity index (χ3v) is 5.06. The number of benzene rings is 2. The molecule has 0 saturated carbocycles. The molecular weight excluding hydrogens is 360 g/mol. The fourth-order valence-corrected chi connectivity index (χ4v) is 3.74. The summed E-state index contributed by atoms with van der Waals surface area (Å²) in [7, 11) is 3.13. The zero-order valence-corrected chi connectivity index (χ0v) is 16.1. The Morgan fingerprint density at radius 3 is 2.71 bits per heavy atom. The van der Waals surface area contributed by atoms with E-state index in [9.17, 15) is 4.79 Å². The van der Waals surface area contributed by atoms with Crippen molar-refractivity contribution in [3.05, 3.63) is 41.0 Å². The maximum Gasteiger partial charge on any atom is 0.319 e. The number of amides is 2. The highest BCUT2D eigenvalue weighted by Crippen LogP contribution is 2.40. The van der Waals surface area contributed by atoms with E-state index in [1.54, 1.807) is 32.4 Å². The van der Waals surface area contributed by atoms with Crippen molar-refractivity contribution in [2.45, 2.75) is 19.3 Å². The maximum absolute atomic E-state index is 12.3. The summed E-state index contributed by atoms with van der Waals surface area (Å²) in [4.78, 5) is 12.3. The molecule has 0 aliphatic carbocycles. The van der Waals surface area contributed by atoms with Gasteiger partial charge in [0.2, 0.25) is 0 Å². The number of carbonyl (C=O) groups excluding carboxylic acids is 1. The molecule has 148 valence electrons. The molecule has 4 rings (SSSR count). The van der Waals surface area contributed by atoms with Gasteiger partial charge in [-0.25, -0.2) is 4.79 Å². The minimum absolute atomic E-state index is 0.270. The van der Waals surface area contributed by atoms with E-state index < -0.39 is 0 Å². The van der Waals surface area contributed by atoms with Crippen molar-refractivity contribution in [2.75, 3.05) is 39.3 Å². The zero-order valence-electron chi connectivity index (χ0n) is 16.1. The highest BCUT2D eigenvalue weighted by atomic mass is 16.5. The van der Waals surface area contributed by atoms with Crippen molar-refractivity contribution in [1.82, 2.24) is 5.32 Å². The minimum Gasteiger partial charge on any atom is -0.493 e. The molecule has 0 fully saturated rings. The third-order valence-electron chi connectivity index (χ3n) is 5.06. The molecule has 2 aliphatic rings. The van der Waals surface area contributed by atoms with E-state index in [0.29, 0.717) is 43.4 Å². The van der Waals surface area contributed by atoms with Crippen molar-refractivity contribution < 1.29 is 23.7 Å². The molecule has 0 spiro atoms. The van der Waals surface area contributed by atoms with Gasteiger partial charge in [-0.3, -0.25) is 0 Å². The van der Waals surface area contributed by atoms with E-state index in [4.69, 9.17) is 18.9 Å². The Bertz CT molecular complexity index is 865. The van der Waals surface area contributed by atoms with Crippen molar-refractivity contribution in [3.63, 3.8) is 0 Å². The molecule has 2 aliphatic heterocycles. The Morgan fingerprint density at radius 1 is 1.07 bits per heavy atom. The van der Waals surface area contributed by atoms with Gasteiger partial charge in [0.25, 0.3) is 0 Å².